The molecule has 0 atom stereocenters. The number of aryl methyl sites for hydroxylation is 2. The van der Waals surface area contributed by atoms with Crippen LogP contribution in [0.1, 0.15) is 23.0 Å². The van der Waals surface area contributed by atoms with Gasteiger partial charge in [-0.3, -0.25) is 9.59 Å². The number of nitrogen functional groups attached to an aromatic ring is 1. The Morgan fingerprint density at radius 3 is 2.78 bits per heavy atom. The minimum Gasteiger partial charge on any atom is -0.452 e. The lowest BCUT2D eigenvalue weighted by Crippen LogP contribution is -2.25. The molecule has 0 spiro atoms. The summed E-state index contributed by atoms with van der Waals surface area (Å²) in [5.74, 6) is -1.83. The Bertz CT molecular complexity index is 1090. The quantitative estimate of drug-likeness (QED) is 0.608. The first-order valence-corrected chi connectivity index (χ1v) is 7.96. The van der Waals surface area contributed by atoms with Crippen molar-refractivity contribution in [3.8, 4) is 0 Å². The third-order valence-corrected chi connectivity index (χ3v) is 3.73. The van der Waals surface area contributed by atoms with E-state index in [1.165, 1.54) is 6.20 Å². The SMILES string of the molecule is CCn1cc(C(=O)OCC(=O)Nc2nonc2N)c(=O)c2ccc(C)nc21. The second-order valence-corrected chi connectivity index (χ2v) is 5.60. The first-order chi connectivity index (χ1) is 12.9. The van der Waals surface area contributed by atoms with E-state index in [4.69, 9.17) is 10.5 Å². The van der Waals surface area contributed by atoms with E-state index in [0.29, 0.717) is 17.6 Å². The molecule has 3 heterocycles. The number of fused-ring (bicyclic) bond motifs is 1. The van der Waals surface area contributed by atoms with Crippen LogP contribution in [0.3, 0.4) is 0 Å². The molecular formula is C16H16N6O5. The van der Waals surface area contributed by atoms with Crippen molar-refractivity contribution in [3.05, 3.63) is 39.8 Å². The summed E-state index contributed by atoms with van der Waals surface area (Å²) in [4.78, 5) is 41.1. The molecule has 3 N–H and O–H groups in total. The number of carbonyl (C=O) groups excluding carboxylic acids is 2. The van der Waals surface area contributed by atoms with Gasteiger partial charge in [-0.1, -0.05) is 0 Å². The van der Waals surface area contributed by atoms with Crippen LogP contribution in [-0.4, -0.2) is 38.3 Å². The van der Waals surface area contributed by atoms with Crippen molar-refractivity contribution in [2.24, 2.45) is 0 Å². The van der Waals surface area contributed by atoms with Crippen LogP contribution < -0.4 is 16.5 Å². The number of pyridine rings is 2. The lowest BCUT2D eigenvalue weighted by molar-refractivity contribution is -0.119. The largest absolute Gasteiger partial charge is 0.452 e. The van der Waals surface area contributed by atoms with Gasteiger partial charge in [-0.15, -0.1) is 0 Å². The fourth-order valence-electron chi connectivity index (χ4n) is 2.41. The highest BCUT2D eigenvalue weighted by atomic mass is 16.6. The molecule has 0 bridgehead atoms. The average Bonchev–Trinajstić information content (AvgIpc) is 3.04. The van der Waals surface area contributed by atoms with Gasteiger partial charge in [0.1, 0.15) is 11.2 Å². The standard InChI is InChI=1S/C16H16N6O5/c1-3-22-6-10(12(24)9-5-4-8(2)18-15(9)22)16(25)26-7-11(23)19-14-13(17)20-27-21-14/h4-6H,3,7H2,1-2H3,(H2,17,20)(H,19,21,23). The summed E-state index contributed by atoms with van der Waals surface area (Å²) in [7, 11) is 0. The van der Waals surface area contributed by atoms with Crippen molar-refractivity contribution >= 4 is 34.5 Å². The Balaban J connectivity index is 1.80. The van der Waals surface area contributed by atoms with Crippen LogP contribution in [-0.2, 0) is 16.1 Å². The zero-order valence-corrected chi connectivity index (χ0v) is 14.6. The van der Waals surface area contributed by atoms with Crippen LogP contribution in [0.2, 0.25) is 0 Å². The van der Waals surface area contributed by atoms with Gasteiger partial charge in [0.25, 0.3) is 5.91 Å². The van der Waals surface area contributed by atoms with Gasteiger partial charge in [0.05, 0.1) is 5.39 Å². The van der Waals surface area contributed by atoms with Gasteiger partial charge < -0.3 is 20.4 Å². The van der Waals surface area contributed by atoms with E-state index in [1.54, 1.807) is 16.7 Å². The highest BCUT2D eigenvalue weighted by Gasteiger charge is 2.19. The fraction of sp³-hybridized carbons (Fsp3) is 0.250. The van der Waals surface area contributed by atoms with Crippen molar-refractivity contribution in [1.29, 1.82) is 0 Å². The Labute approximate surface area is 152 Å². The van der Waals surface area contributed by atoms with Crippen LogP contribution in [0.25, 0.3) is 11.0 Å². The summed E-state index contributed by atoms with van der Waals surface area (Å²) in [6.07, 6.45) is 1.37. The molecule has 0 saturated heterocycles. The Morgan fingerprint density at radius 2 is 2.11 bits per heavy atom. The van der Waals surface area contributed by atoms with Crippen molar-refractivity contribution in [2.45, 2.75) is 20.4 Å². The van der Waals surface area contributed by atoms with Gasteiger partial charge >= 0.3 is 5.97 Å². The molecule has 0 radical (unpaired) electrons. The van der Waals surface area contributed by atoms with Gasteiger partial charge in [-0.25, -0.2) is 14.4 Å². The summed E-state index contributed by atoms with van der Waals surface area (Å²) in [6, 6.07) is 3.29. The van der Waals surface area contributed by atoms with Crippen LogP contribution in [0, 0.1) is 6.92 Å². The number of aromatic nitrogens is 4. The molecule has 11 nitrogen and oxygen atoms in total. The van der Waals surface area contributed by atoms with Crippen molar-refractivity contribution < 1.29 is 19.0 Å². The fourth-order valence-corrected chi connectivity index (χ4v) is 2.41. The highest BCUT2D eigenvalue weighted by Crippen LogP contribution is 2.12. The number of amides is 1. The Hall–Kier alpha value is -3.76. The molecule has 0 fully saturated rings. The summed E-state index contributed by atoms with van der Waals surface area (Å²) < 4.78 is 10.9. The van der Waals surface area contributed by atoms with Crippen LogP contribution in [0.4, 0.5) is 11.6 Å². The maximum atomic E-state index is 12.6. The van der Waals surface area contributed by atoms with E-state index >= 15 is 0 Å². The molecule has 3 aromatic heterocycles. The summed E-state index contributed by atoms with van der Waals surface area (Å²) >= 11 is 0. The molecule has 3 aromatic rings. The molecule has 1 amide bonds. The predicted octanol–water partition coefficient (Wildman–Crippen LogP) is 0.486. The first kappa shape index (κ1) is 18.0. The number of anilines is 2. The predicted molar refractivity (Wildman–Crippen MR) is 94.0 cm³/mol. The third kappa shape index (κ3) is 3.61. The van der Waals surface area contributed by atoms with Crippen molar-refractivity contribution in [2.75, 3.05) is 17.7 Å². The van der Waals surface area contributed by atoms with E-state index in [-0.39, 0.29) is 17.2 Å². The summed E-state index contributed by atoms with van der Waals surface area (Å²) in [5.41, 5.74) is 5.93. The minimum absolute atomic E-state index is 0.0865. The van der Waals surface area contributed by atoms with Gasteiger partial charge in [0.15, 0.2) is 6.61 Å². The van der Waals surface area contributed by atoms with Gasteiger partial charge in [0, 0.05) is 18.4 Å². The minimum atomic E-state index is -0.925. The maximum Gasteiger partial charge on any atom is 0.344 e. The van der Waals surface area contributed by atoms with Gasteiger partial charge in [-0.05, 0) is 36.3 Å². The number of hydrogen-bond donors (Lipinski definition) is 2. The zero-order valence-electron chi connectivity index (χ0n) is 14.6. The van der Waals surface area contributed by atoms with Crippen molar-refractivity contribution in [1.82, 2.24) is 19.9 Å². The second kappa shape index (κ2) is 7.23. The topological polar surface area (TPSA) is 155 Å². The van der Waals surface area contributed by atoms with Gasteiger partial charge in [-0.2, -0.15) is 0 Å². The third-order valence-electron chi connectivity index (χ3n) is 3.73. The smallest absolute Gasteiger partial charge is 0.344 e. The molecule has 0 aliphatic carbocycles. The molecule has 0 aliphatic rings. The van der Waals surface area contributed by atoms with Crippen LogP contribution >= 0.6 is 0 Å². The normalized spacial score (nSPS) is 10.7. The molecule has 140 valence electrons. The average molecular weight is 372 g/mol. The van der Waals surface area contributed by atoms with E-state index in [9.17, 15) is 14.4 Å². The van der Waals surface area contributed by atoms with Gasteiger partial charge in [0.2, 0.25) is 17.1 Å². The van der Waals surface area contributed by atoms with E-state index in [0.717, 1.165) is 5.69 Å². The lowest BCUT2D eigenvalue weighted by Gasteiger charge is -2.11. The molecule has 0 saturated carbocycles. The number of ether oxygens (including phenoxy) is 1. The highest BCUT2D eigenvalue weighted by molar-refractivity contribution is 5.97. The maximum absolute atomic E-state index is 12.6. The number of rotatable bonds is 5. The summed E-state index contributed by atoms with van der Waals surface area (Å²) in [5, 5.41) is 9.24. The number of nitrogens with two attached hydrogens (primary N) is 1. The first-order valence-electron chi connectivity index (χ1n) is 7.96. The molecular weight excluding hydrogens is 356 g/mol. The molecule has 3 rings (SSSR count). The molecule has 0 aliphatic heterocycles. The van der Waals surface area contributed by atoms with E-state index < -0.39 is 23.9 Å². The molecule has 27 heavy (non-hydrogen) atoms. The van der Waals surface area contributed by atoms with Crippen molar-refractivity contribution in [3.63, 3.8) is 0 Å². The van der Waals surface area contributed by atoms with Crippen LogP contribution in [0.15, 0.2) is 27.8 Å². The number of nitrogens with zero attached hydrogens (tertiary/aromatic N) is 4. The Kier molecular flexibility index (Phi) is 4.83. The second-order valence-electron chi connectivity index (χ2n) is 5.60. The number of carbonyl (C=O) groups is 2. The molecule has 0 aromatic carbocycles. The molecule has 0 unspecified atom stereocenters. The number of esters is 1. The van der Waals surface area contributed by atoms with E-state index in [2.05, 4.69) is 25.2 Å². The lowest BCUT2D eigenvalue weighted by atomic mass is 10.2. The van der Waals surface area contributed by atoms with Crippen LogP contribution in [0.5, 0.6) is 0 Å². The van der Waals surface area contributed by atoms with E-state index in [1.807, 2.05) is 13.8 Å². The summed E-state index contributed by atoms with van der Waals surface area (Å²) in [6.45, 7) is 3.52. The number of nitrogens with one attached hydrogen (secondary N) is 1. The zero-order chi connectivity index (χ0) is 19.6. The Morgan fingerprint density at radius 1 is 1.33 bits per heavy atom. The number of hydrogen-bond acceptors (Lipinski definition) is 9. The monoisotopic (exact) mass is 372 g/mol. The molecule has 11 heteroatoms.